The van der Waals surface area contributed by atoms with Crippen molar-refractivity contribution in [2.24, 2.45) is 0 Å². The van der Waals surface area contributed by atoms with Gasteiger partial charge in [0.25, 0.3) is 0 Å². The topological polar surface area (TPSA) is 22.1 Å². The average molecular weight is 193 g/mol. The minimum atomic E-state index is 0.213. The summed E-state index contributed by atoms with van der Waals surface area (Å²) in [5.41, 5.74) is 1.51. The number of hydrogen-bond donors (Lipinski definition) is 0. The average Bonchev–Trinajstić information content (AvgIpc) is 2.18. The molecular formula is C12H19NO. The van der Waals surface area contributed by atoms with Crippen LogP contribution in [-0.2, 0) is 5.41 Å². The first-order chi connectivity index (χ1) is 6.60. The molecule has 0 atom stereocenters. The van der Waals surface area contributed by atoms with Gasteiger partial charge in [-0.25, -0.2) is 4.98 Å². The van der Waals surface area contributed by atoms with Crippen LogP contribution >= 0.6 is 0 Å². The maximum Gasteiger partial charge on any atom is 0.213 e. The molecule has 0 aliphatic heterocycles. The Labute approximate surface area is 86.3 Å². The normalized spacial score (nSPS) is 11.4. The number of nitrogens with zero attached hydrogens (tertiary/aromatic N) is 1. The zero-order valence-corrected chi connectivity index (χ0v) is 9.50. The molecule has 1 heterocycles. The number of aromatic nitrogens is 1. The van der Waals surface area contributed by atoms with E-state index in [2.05, 4.69) is 31.8 Å². The first-order valence-corrected chi connectivity index (χ1v) is 5.10. The molecule has 1 aromatic rings. The van der Waals surface area contributed by atoms with Gasteiger partial charge in [0.15, 0.2) is 0 Å². The summed E-state index contributed by atoms with van der Waals surface area (Å²) in [5.74, 6) is 0.701. The quantitative estimate of drug-likeness (QED) is 0.732. The van der Waals surface area contributed by atoms with Gasteiger partial charge >= 0.3 is 0 Å². The van der Waals surface area contributed by atoms with Gasteiger partial charge in [0, 0.05) is 12.3 Å². The Bertz CT molecular complexity index is 294. The standard InChI is InChI=1S/C12H19NO/c1-5-7-12(2,3)10-6-8-13-11(9-10)14-4/h6,8-9H,5,7H2,1-4H3. The summed E-state index contributed by atoms with van der Waals surface area (Å²) in [6, 6.07) is 4.09. The highest BCUT2D eigenvalue weighted by Gasteiger charge is 2.19. The minimum absolute atomic E-state index is 0.213. The lowest BCUT2D eigenvalue weighted by Crippen LogP contribution is -2.16. The molecule has 2 heteroatoms. The number of methoxy groups -OCH3 is 1. The van der Waals surface area contributed by atoms with E-state index in [1.807, 2.05) is 12.3 Å². The van der Waals surface area contributed by atoms with E-state index in [0.717, 1.165) is 0 Å². The Kier molecular flexibility index (Phi) is 3.50. The predicted molar refractivity (Wildman–Crippen MR) is 58.7 cm³/mol. The second-order valence-corrected chi connectivity index (χ2v) is 4.22. The third-order valence-electron chi connectivity index (χ3n) is 2.60. The first-order valence-electron chi connectivity index (χ1n) is 5.10. The molecule has 0 saturated carbocycles. The maximum absolute atomic E-state index is 5.12. The Balaban J connectivity index is 2.93. The van der Waals surface area contributed by atoms with E-state index in [9.17, 15) is 0 Å². The van der Waals surface area contributed by atoms with Crippen LogP contribution in [0.25, 0.3) is 0 Å². The molecule has 1 aromatic heterocycles. The molecular weight excluding hydrogens is 174 g/mol. The zero-order valence-electron chi connectivity index (χ0n) is 9.50. The molecule has 0 unspecified atom stereocenters. The predicted octanol–water partition coefficient (Wildman–Crippen LogP) is 3.17. The van der Waals surface area contributed by atoms with Crippen molar-refractivity contribution in [1.29, 1.82) is 0 Å². The number of ether oxygens (including phenoxy) is 1. The van der Waals surface area contributed by atoms with Crippen molar-refractivity contribution in [3.05, 3.63) is 23.9 Å². The van der Waals surface area contributed by atoms with Crippen LogP contribution in [0, 0.1) is 0 Å². The summed E-state index contributed by atoms with van der Waals surface area (Å²) >= 11 is 0. The molecule has 0 N–H and O–H groups in total. The monoisotopic (exact) mass is 193 g/mol. The summed E-state index contributed by atoms with van der Waals surface area (Å²) in [6.07, 6.45) is 4.18. The number of hydrogen-bond acceptors (Lipinski definition) is 2. The van der Waals surface area contributed by atoms with Gasteiger partial charge in [0.1, 0.15) is 0 Å². The zero-order chi connectivity index (χ0) is 10.6. The van der Waals surface area contributed by atoms with E-state index < -0.39 is 0 Å². The molecule has 0 aliphatic rings. The molecule has 14 heavy (non-hydrogen) atoms. The molecule has 0 bridgehead atoms. The maximum atomic E-state index is 5.12. The lowest BCUT2D eigenvalue weighted by Gasteiger charge is -2.24. The van der Waals surface area contributed by atoms with Crippen molar-refractivity contribution >= 4 is 0 Å². The van der Waals surface area contributed by atoms with Crippen molar-refractivity contribution in [2.75, 3.05) is 7.11 Å². The van der Waals surface area contributed by atoms with Crippen LogP contribution in [0.4, 0.5) is 0 Å². The Morgan fingerprint density at radius 1 is 1.43 bits per heavy atom. The van der Waals surface area contributed by atoms with Crippen LogP contribution in [0.2, 0.25) is 0 Å². The summed E-state index contributed by atoms with van der Waals surface area (Å²) in [7, 11) is 1.65. The lowest BCUT2D eigenvalue weighted by molar-refractivity contribution is 0.393. The van der Waals surface area contributed by atoms with Gasteiger partial charge in [0.2, 0.25) is 5.88 Å². The molecule has 0 amide bonds. The molecule has 0 fully saturated rings. The Hall–Kier alpha value is -1.05. The van der Waals surface area contributed by atoms with E-state index in [1.165, 1.54) is 18.4 Å². The molecule has 78 valence electrons. The van der Waals surface area contributed by atoms with Gasteiger partial charge in [-0.1, -0.05) is 27.2 Å². The third-order valence-corrected chi connectivity index (χ3v) is 2.60. The van der Waals surface area contributed by atoms with Gasteiger partial charge in [0.05, 0.1) is 7.11 Å². The van der Waals surface area contributed by atoms with Crippen LogP contribution in [0.5, 0.6) is 5.88 Å². The van der Waals surface area contributed by atoms with Crippen LogP contribution in [-0.4, -0.2) is 12.1 Å². The number of pyridine rings is 1. The lowest BCUT2D eigenvalue weighted by atomic mass is 9.81. The summed E-state index contributed by atoms with van der Waals surface area (Å²) in [4.78, 5) is 4.11. The highest BCUT2D eigenvalue weighted by atomic mass is 16.5. The smallest absolute Gasteiger partial charge is 0.213 e. The van der Waals surface area contributed by atoms with Gasteiger partial charge in [-0.15, -0.1) is 0 Å². The second-order valence-electron chi connectivity index (χ2n) is 4.22. The van der Waals surface area contributed by atoms with Crippen LogP contribution < -0.4 is 4.74 Å². The third kappa shape index (κ3) is 2.47. The molecule has 0 saturated heterocycles. The highest BCUT2D eigenvalue weighted by Crippen LogP contribution is 2.29. The molecule has 0 spiro atoms. The fraction of sp³-hybridized carbons (Fsp3) is 0.583. The summed E-state index contributed by atoms with van der Waals surface area (Å²) in [6.45, 7) is 6.72. The van der Waals surface area contributed by atoms with Crippen molar-refractivity contribution in [1.82, 2.24) is 4.98 Å². The van der Waals surface area contributed by atoms with Gasteiger partial charge < -0.3 is 4.74 Å². The van der Waals surface area contributed by atoms with Crippen molar-refractivity contribution in [3.63, 3.8) is 0 Å². The molecule has 2 nitrogen and oxygen atoms in total. The van der Waals surface area contributed by atoms with Crippen LogP contribution in [0.3, 0.4) is 0 Å². The van der Waals surface area contributed by atoms with E-state index in [4.69, 9.17) is 4.74 Å². The molecule has 0 radical (unpaired) electrons. The van der Waals surface area contributed by atoms with E-state index in [1.54, 1.807) is 7.11 Å². The van der Waals surface area contributed by atoms with E-state index in [0.29, 0.717) is 5.88 Å². The van der Waals surface area contributed by atoms with Gasteiger partial charge in [-0.3, -0.25) is 0 Å². The fourth-order valence-electron chi connectivity index (χ4n) is 1.71. The second kappa shape index (κ2) is 4.45. The Morgan fingerprint density at radius 3 is 2.71 bits per heavy atom. The largest absolute Gasteiger partial charge is 0.481 e. The van der Waals surface area contributed by atoms with E-state index in [-0.39, 0.29) is 5.41 Å². The van der Waals surface area contributed by atoms with Gasteiger partial charge in [-0.2, -0.15) is 0 Å². The molecule has 0 aliphatic carbocycles. The first kappa shape index (κ1) is 11.0. The minimum Gasteiger partial charge on any atom is -0.481 e. The SMILES string of the molecule is CCCC(C)(C)c1ccnc(OC)c1. The Morgan fingerprint density at radius 2 is 2.14 bits per heavy atom. The molecule has 1 rings (SSSR count). The van der Waals surface area contributed by atoms with Crippen LogP contribution in [0.15, 0.2) is 18.3 Å². The fourth-order valence-corrected chi connectivity index (χ4v) is 1.71. The van der Waals surface area contributed by atoms with E-state index >= 15 is 0 Å². The summed E-state index contributed by atoms with van der Waals surface area (Å²) < 4.78 is 5.12. The van der Waals surface area contributed by atoms with Crippen LogP contribution in [0.1, 0.15) is 39.2 Å². The number of rotatable bonds is 4. The van der Waals surface area contributed by atoms with Crippen molar-refractivity contribution < 1.29 is 4.74 Å². The summed E-state index contributed by atoms with van der Waals surface area (Å²) in [5, 5.41) is 0. The van der Waals surface area contributed by atoms with Crippen molar-refractivity contribution in [2.45, 2.75) is 39.0 Å². The van der Waals surface area contributed by atoms with Gasteiger partial charge in [-0.05, 0) is 23.5 Å². The van der Waals surface area contributed by atoms with Crippen molar-refractivity contribution in [3.8, 4) is 5.88 Å². The highest BCUT2D eigenvalue weighted by molar-refractivity contribution is 5.27. The molecule has 0 aromatic carbocycles.